The SMILES string of the molecule is CCCCCCCCCCCCCCOc1c(CC(=O)Nc2cccc(CN3C=C(C)SC3)c2)cccc1C(C)=O. The maximum absolute atomic E-state index is 13.0. The maximum Gasteiger partial charge on any atom is 0.228 e. The zero-order chi connectivity index (χ0) is 29.3. The molecular weight excluding hydrogens is 528 g/mol. The van der Waals surface area contributed by atoms with Crippen LogP contribution in [0.1, 0.15) is 119 Å². The zero-order valence-corrected chi connectivity index (χ0v) is 26.3. The van der Waals surface area contributed by atoms with Crippen LogP contribution in [0.5, 0.6) is 5.75 Å². The maximum atomic E-state index is 13.0. The van der Waals surface area contributed by atoms with E-state index in [0.717, 1.165) is 42.1 Å². The van der Waals surface area contributed by atoms with E-state index in [1.165, 1.54) is 69.1 Å². The number of hydrogen-bond acceptors (Lipinski definition) is 5. The summed E-state index contributed by atoms with van der Waals surface area (Å²) in [6, 6.07) is 13.5. The second-order valence-corrected chi connectivity index (χ2v) is 12.5. The Morgan fingerprint density at radius 3 is 2.20 bits per heavy atom. The van der Waals surface area contributed by atoms with Gasteiger partial charge in [0.1, 0.15) is 5.75 Å². The summed E-state index contributed by atoms with van der Waals surface area (Å²) in [5.41, 5.74) is 3.23. The van der Waals surface area contributed by atoms with Crippen LogP contribution in [0.25, 0.3) is 0 Å². The number of benzene rings is 2. The predicted molar refractivity (Wildman–Crippen MR) is 174 cm³/mol. The number of hydrogen-bond donors (Lipinski definition) is 1. The lowest BCUT2D eigenvalue weighted by atomic mass is 10.0. The Morgan fingerprint density at radius 1 is 0.902 bits per heavy atom. The number of nitrogens with zero attached hydrogens (tertiary/aromatic N) is 1. The highest BCUT2D eigenvalue weighted by atomic mass is 32.2. The van der Waals surface area contributed by atoms with E-state index in [4.69, 9.17) is 4.74 Å². The van der Waals surface area contributed by atoms with Gasteiger partial charge in [-0.3, -0.25) is 9.59 Å². The van der Waals surface area contributed by atoms with Gasteiger partial charge in [-0.15, -0.1) is 11.8 Å². The van der Waals surface area contributed by atoms with Gasteiger partial charge in [-0.1, -0.05) is 102 Å². The van der Waals surface area contributed by atoms with Crippen molar-refractivity contribution >= 4 is 29.1 Å². The number of nitrogens with one attached hydrogen (secondary N) is 1. The van der Waals surface area contributed by atoms with Crippen LogP contribution in [0.4, 0.5) is 5.69 Å². The van der Waals surface area contributed by atoms with Gasteiger partial charge in [0.25, 0.3) is 0 Å². The third kappa shape index (κ3) is 12.4. The molecule has 1 N–H and O–H groups in total. The molecular formula is C35H50N2O3S. The van der Waals surface area contributed by atoms with Crippen molar-refractivity contribution in [1.29, 1.82) is 0 Å². The van der Waals surface area contributed by atoms with Crippen LogP contribution in [0.2, 0.25) is 0 Å². The third-order valence-corrected chi connectivity index (χ3v) is 8.51. The minimum atomic E-state index is -0.120. The first kappa shape index (κ1) is 32.8. The summed E-state index contributed by atoms with van der Waals surface area (Å²) in [6.45, 7) is 7.31. The molecule has 0 fully saturated rings. The number of thioether (sulfide) groups is 1. The van der Waals surface area contributed by atoms with Crippen molar-refractivity contribution in [2.45, 2.75) is 111 Å². The van der Waals surface area contributed by atoms with Crippen LogP contribution < -0.4 is 10.1 Å². The Labute approximate surface area is 252 Å². The summed E-state index contributed by atoms with van der Waals surface area (Å²) >= 11 is 1.84. The molecule has 1 heterocycles. The molecule has 3 rings (SSSR count). The molecule has 0 aliphatic carbocycles. The molecule has 6 heteroatoms. The molecule has 0 saturated heterocycles. The highest BCUT2D eigenvalue weighted by Gasteiger charge is 2.17. The lowest BCUT2D eigenvalue weighted by Crippen LogP contribution is -2.17. The molecule has 0 aromatic heterocycles. The molecule has 224 valence electrons. The summed E-state index contributed by atoms with van der Waals surface area (Å²) in [6.07, 6.45) is 17.8. The van der Waals surface area contributed by atoms with Crippen LogP contribution in [0.15, 0.2) is 53.6 Å². The number of ether oxygens (including phenoxy) is 1. The topological polar surface area (TPSA) is 58.6 Å². The smallest absolute Gasteiger partial charge is 0.228 e. The first-order valence-electron chi connectivity index (χ1n) is 15.7. The van der Waals surface area contributed by atoms with Crippen LogP contribution in [0, 0.1) is 0 Å². The van der Waals surface area contributed by atoms with E-state index in [9.17, 15) is 9.59 Å². The Kier molecular flexibility index (Phi) is 14.9. The van der Waals surface area contributed by atoms with Gasteiger partial charge < -0.3 is 15.0 Å². The van der Waals surface area contributed by atoms with E-state index in [1.54, 1.807) is 13.0 Å². The third-order valence-electron chi connectivity index (χ3n) is 7.49. The van der Waals surface area contributed by atoms with Gasteiger partial charge >= 0.3 is 0 Å². The Balaban J connectivity index is 1.44. The first-order valence-corrected chi connectivity index (χ1v) is 16.6. The molecule has 0 spiro atoms. The minimum Gasteiger partial charge on any atom is -0.493 e. The number of ketones is 1. The van der Waals surface area contributed by atoms with Crippen LogP contribution in [-0.2, 0) is 17.8 Å². The summed E-state index contributed by atoms with van der Waals surface area (Å²) in [5, 5.41) is 3.04. The summed E-state index contributed by atoms with van der Waals surface area (Å²) in [7, 11) is 0. The molecule has 2 aromatic carbocycles. The van der Waals surface area contributed by atoms with Crippen molar-refractivity contribution in [2.24, 2.45) is 0 Å². The van der Waals surface area contributed by atoms with Gasteiger partial charge in [-0.25, -0.2) is 0 Å². The first-order chi connectivity index (χ1) is 20.0. The molecule has 0 atom stereocenters. The molecule has 0 radical (unpaired) electrons. The lowest BCUT2D eigenvalue weighted by molar-refractivity contribution is -0.115. The zero-order valence-electron chi connectivity index (χ0n) is 25.5. The number of carbonyl (C=O) groups excluding carboxylic acids is 2. The number of para-hydroxylation sites is 1. The molecule has 1 aliphatic rings. The quantitative estimate of drug-likeness (QED) is 0.125. The number of carbonyl (C=O) groups is 2. The number of Topliss-reactive ketones (excluding diaryl/α,β-unsaturated/α-hetero) is 1. The normalized spacial score (nSPS) is 12.9. The van der Waals surface area contributed by atoms with Crippen molar-refractivity contribution in [1.82, 2.24) is 4.90 Å². The molecule has 2 aromatic rings. The highest BCUT2D eigenvalue weighted by molar-refractivity contribution is 8.03. The standard InChI is InChI=1S/C35H50N2O3S/c1-4-5-6-7-8-9-10-11-12-13-14-15-22-40-35-31(19-17-21-33(35)29(3)38)24-34(39)36-32-20-16-18-30(23-32)26-37-25-28(2)41-27-37/h16-21,23,25H,4-15,22,24,26-27H2,1-3H3,(H,36,39). The van der Waals surface area contributed by atoms with Gasteiger partial charge in [-0.2, -0.15) is 0 Å². The number of amides is 1. The van der Waals surface area contributed by atoms with Gasteiger partial charge in [0.15, 0.2) is 5.78 Å². The van der Waals surface area contributed by atoms with E-state index in [-0.39, 0.29) is 18.1 Å². The van der Waals surface area contributed by atoms with Crippen LogP contribution >= 0.6 is 11.8 Å². The van der Waals surface area contributed by atoms with E-state index in [0.29, 0.717) is 17.9 Å². The van der Waals surface area contributed by atoms with Gasteiger partial charge in [-0.05, 0) is 48.9 Å². The molecule has 41 heavy (non-hydrogen) atoms. The Bertz CT molecular complexity index is 1130. The van der Waals surface area contributed by atoms with Gasteiger partial charge in [0.2, 0.25) is 5.91 Å². The molecule has 1 amide bonds. The van der Waals surface area contributed by atoms with Crippen molar-refractivity contribution in [2.75, 3.05) is 17.8 Å². The fourth-order valence-electron chi connectivity index (χ4n) is 5.26. The van der Waals surface area contributed by atoms with Gasteiger partial charge in [0.05, 0.1) is 24.5 Å². The van der Waals surface area contributed by atoms with E-state index in [1.807, 2.05) is 42.1 Å². The van der Waals surface area contributed by atoms with E-state index >= 15 is 0 Å². The molecule has 0 saturated carbocycles. The Hall–Kier alpha value is -2.73. The molecule has 0 bridgehead atoms. The summed E-state index contributed by atoms with van der Waals surface area (Å²) < 4.78 is 6.16. The lowest BCUT2D eigenvalue weighted by Gasteiger charge is -2.16. The molecule has 1 aliphatic heterocycles. The highest BCUT2D eigenvalue weighted by Crippen LogP contribution is 2.28. The van der Waals surface area contributed by atoms with Crippen molar-refractivity contribution in [3.63, 3.8) is 0 Å². The summed E-state index contributed by atoms with van der Waals surface area (Å²) in [5.74, 6) is 1.34. The predicted octanol–water partition coefficient (Wildman–Crippen LogP) is 9.52. The van der Waals surface area contributed by atoms with E-state index in [2.05, 4.69) is 36.3 Å². The van der Waals surface area contributed by atoms with E-state index < -0.39 is 0 Å². The average Bonchev–Trinajstić information content (AvgIpc) is 3.36. The second kappa shape index (κ2) is 18.7. The molecule has 5 nitrogen and oxygen atoms in total. The van der Waals surface area contributed by atoms with Crippen molar-refractivity contribution < 1.29 is 14.3 Å². The number of anilines is 1. The molecule has 0 unspecified atom stereocenters. The average molecular weight is 579 g/mol. The fraction of sp³-hybridized carbons (Fsp3) is 0.543. The van der Waals surface area contributed by atoms with Gasteiger partial charge in [0, 0.05) is 24.0 Å². The van der Waals surface area contributed by atoms with Crippen LogP contribution in [0.3, 0.4) is 0 Å². The summed E-state index contributed by atoms with van der Waals surface area (Å²) in [4.78, 5) is 29.0. The Morgan fingerprint density at radius 2 is 1.56 bits per heavy atom. The number of rotatable bonds is 20. The number of unbranched alkanes of at least 4 members (excludes halogenated alkanes) is 11. The second-order valence-electron chi connectivity index (χ2n) is 11.3. The number of allylic oxidation sites excluding steroid dienone is 1. The fourth-order valence-corrected chi connectivity index (χ4v) is 6.02. The van der Waals surface area contributed by atoms with Crippen molar-refractivity contribution in [3.05, 3.63) is 70.3 Å². The van der Waals surface area contributed by atoms with Crippen LogP contribution in [-0.4, -0.2) is 29.1 Å². The van der Waals surface area contributed by atoms with Crippen molar-refractivity contribution in [3.8, 4) is 5.75 Å². The minimum absolute atomic E-state index is 0.0472. The largest absolute Gasteiger partial charge is 0.493 e. The monoisotopic (exact) mass is 578 g/mol.